The fourth-order valence-electron chi connectivity index (χ4n) is 1.89. The summed E-state index contributed by atoms with van der Waals surface area (Å²) in [7, 11) is 0. The first-order valence-corrected chi connectivity index (χ1v) is 7.04. The number of hydrogen-bond donors (Lipinski definition) is 1. The van der Waals surface area contributed by atoms with Crippen molar-refractivity contribution >= 4 is 21.9 Å². The summed E-state index contributed by atoms with van der Waals surface area (Å²) in [4.78, 5) is 10.8. The Balaban J connectivity index is 2.14. The lowest BCUT2D eigenvalue weighted by Gasteiger charge is -2.10. The molecule has 0 radical (unpaired) electrons. The van der Waals surface area contributed by atoms with Crippen molar-refractivity contribution in [3.63, 3.8) is 0 Å². The van der Waals surface area contributed by atoms with Crippen LogP contribution in [0.25, 0.3) is 0 Å². The minimum Gasteiger partial charge on any atom is -0.488 e. The Morgan fingerprint density at radius 3 is 2.70 bits per heavy atom. The molecule has 0 saturated carbocycles. The van der Waals surface area contributed by atoms with Gasteiger partial charge in [0.2, 0.25) is 5.76 Å². The summed E-state index contributed by atoms with van der Waals surface area (Å²) in [6, 6.07) is 7.33. The first-order chi connectivity index (χ1) is 9.51. The number of halogens is 1. The maximum Gasteiger partial charge on any atom is 0.371 e. The Bertz CT molecular complexity index is 631. The Kier molecular flexibility index (Phi) is 4.49. The summed E-state index contributed by atoms with van der Waals surface area (Å²) in [5.41, 5.74) is 1.84. The zero-order valence-corrected chi connectivity index (χ0v) is 12.9. The molecule has 1 aromatic carbocycles. The summed E-state index contributed by atoms with van der Waals surface area (Å²) in [6.45, 7) is 4.07. The molecule has 106 valence electrons. The quantitative estimate of drug-likeness (QED) is 0.887. The van der Waals surface area contributed by atoms with Crippen molar-refractivity contribution in [1.82, 2.24) is 0 Å². The SMILES string of the molecule is CCc1cc(Br)ccc1OCc1cc(C(=O)O)oc1C. The number of benzene rings is 1. The number of aromatic carboxylic acids is 1. The average molecular weight is 339 g/mol. The van der Waals surface area contributed by atoms with Gasteiger partial charge in [-0.05, 0) is 43.2 Å². The maximum absolute atomic E-state index is 10.8. The lowest BCUT2D eigenvalue weighted by molar-refractivity contribution is 0.0661. The molecular formula is C15H15BrO4. The van der Waals surface area contributed by atoms with Crippen LogP contribution in [-0.2, 0) is 13.0 Å². The minimum absolute atomic E-state index is 0.0624. The normalized spacial score (nSPS) is 10.6. The molecule has 20 heavy (non-hydrogen) atoms. The third-order valence-electron chi connectivity index (χ3n) is 3.02. The van der Waals surface area contributed by atoms with E-state index >= 15 is 0 Å². The van der Waals surface area contributed by atoms with Gasteiger partial charge in [0.25, 0.3) is 0 Å². The van der Waals surface area contributed by atoms with Crippen LogP contribution in [0.4, 0.5) is 0 Å². The van der Waals surface area contributed by atoms with E-state index < -0.39 is 5.97 Å². The molecule has 4 nitrogen and oxygen atoms in total. The van der Waals surface area contributed by atoms with E-state index in [0.29, 0.717) is 5.76 Å². The van der Waals surface area contributed by atoms with Gasteiger partial charge in [-0.25, -0.2) is 4.79 Å². The van der Waals surface area contributed by atoms with E-state index in [1.54, 1.807) is 6.92 Å². The predicted molar refractivity (Wildman–Crippen MR) is 78.3 cm³/mol. The first-order valence-electron chi connectivity index (χ1n) is 6.25. The minimum atomic E-state index is -1.07. The highest BCUT2D eigenvalue weighted by Gasteiger charge is 2.14. The van der Waals surface area contributed by atoms with E-state index in [1.165, 1.54) is 6.07 Å². The van der Waals surface area contributed by atoms with Crippen molar-refractivity contribution in [3.05, 3.63) is 51.4 Å². The van der Waals surface area contributed by atoms with Gasteiger partial charge >= 0.3 is 5.97 Å². The second-order valence-electron chi connectivity index (χ2n) is 4.39. The van der Waals surface area contributed by atoms with Crippen molar-refractivity contribution in [2.24, 2.45) is 0 Å². The van der Waals surface area contributed by atoms with Crippen molar-refractivity contribution in [1.29, 1.82) is 0 Å². The number of carboxylic acid groups (broad SMARTS) is 1. The highest BCUT2D eigenvalue weighted by atomic mass is 79.9. The molecule has 1 N–H and O–H groups in total. The summed E-state index contributed by atoms with van der Waals surface area (Å²) in [6.07, 6.45) is 0.861. The number of hydrogen-bond acceptors (Lipinski definition) is 3. The van der Waals surface area contributed by atoms with Crippen LogP contribution in [-0.4, -0.2) is 11.1 Å². The van der Waals surface area contributed by atoms with Crippen LogP contribution in [0.5, 0.6) is 5.75 Å². The smallest absolute Gasteiger partial charge is 0.371 e. The lowest BCUT2D eigenvalue weighted by atomic mass is 10.1. The number of furan rings is 1. The van der Waals surface area contributed by atoms with Gasteiger partial charge < -0.3 is 14.3 Å². The van der Waals surface area contributed by atoms with Crippen molar-refractivity contribution in [3.8, 4) is 5.75 Å². The van der Waals surface area contributed by atoms with Gasteiger partial charge in [-0.2, -0.15) is 0 Å². The largest absolute Gasteiger partial charge is 0.488 e. The van der Waals surface area contributed by atoms with Gasteiger partial charge in [-0.1, -0.05) is 22.9 Å². The second kappa shape index (κ2) is 6.13. The molecule has 0 spiro atoms. The van der Waals surface area contributed by atoms with Crippen LogP contribution >= 0.6 is 15.9 Å². The summed E-state index contributed by atoms with van der Waals surface area (Å²) in [5.74, 6) is 0.232. The highest BCUT2D eigenvalue weighted by Crippen LogP contribution is 2.25. The molecule has 2 aromatic rings. The third-order valence-corrected chi connectivity index (χ3v) is 3.51. The number of carboxylic acids is 1. The molecule has 0 aliphatic heterocycles. The molecule has 0 fully saturated rings. The molecule has 0 aliphatic rings. The summed E-state index contributed by atoms with van der Waals surface area (Å²) < 4.78 is 11.9. The van der Waals surface area contributed by atoms with Crippen LogP contribution in [0.1, 0.15) is 34.4 Å². The molecule has 0 amide bonds. The van der Waals surface area contributed by atoms with Crippen molar-refractivity contribution in [2.45, 2.75) is 26.9 Å². The Morgan fingerprint density at radius 2 is 2.10 bits per heavy atom. The number of aryl methyl sites for hydroxylation is 2. The van der Waals surface area contributed by atoms with E-state index in [1.807, 2.05) is 18.2 Å². The zero-order chi connectivity index (χ0) is 14.7. The van der Waals surface area contributed by atoms with E-state index in [0.717, 1.165) is 27.8 Å². The molecule has 0 aliphatic carbocycles. The summed E-state index contributed by atoms with van der Waals surface area (Å²) >= 11 is 3.43. The van der Waals surface area contributed by atoms with Gasteiger partial charge in [-0.3, -0.25) is 0 Å². The molecule has 0 saturated heterocycles. The number of ether oxygens (including phenoxy) is 1. The number of rotatable bonds is 5. The molecule has 5 heteroatoms. The van der Waals surface area contributed by atoms with Gasteiger partial charge in [0.05, 0.1) is 0 Å². The lowest BCUT2D eigenvalue weighted by Crippen LogP contribution is -1.98. The highest BCUT2D eigenvalue weighted by molar-refractivity contribution is 9.10. The van der Waals surface area contributed by atoms with Crippen LogP contribution < -0.4 is 4.74 Å². The molecule has 0 bridgehead atoms. The van der Waals surface area contributed by atoms with E-state index in [4.69, 9.17) is 14.3 Å². The fraction of sp³-hybridized carbons (Fsp3) is 0.267. The second-order valence-corrected chi connectivity index (χ2v) is 5.31. The Hall–Kier alpha value is -1.75. The van der Waals surface area contributed by atoms with E-state index in [-0.39, 0.29) is 12.4 Å². The van der Waals surface area contributed by atoms with Gasteiger partial charge in [0.15, 0.2) is 0 Å². The molecule has 1 heterocycles. The van der Waals surface area contributed by atoms with Gasteiger partial charge in [0, 0.05) is 10.0 Å². The first kappa shape index (κ1) is 14.7. The van der Waals surface area contributed by atoms with Gasteiger partial charge in [0.1, 0.15) is 18.1 Å². The van der Waals surface area contributed by atoms with Crippen LogP contribution in [0.3, 0.4) is 0 Å². The Labute approximate surface area is 125 Å². The van der Waals surface area contributed by atoms with Crippen LogP contribution in [0.15, 0.2) is 33.2 Å². The van der Waals surface area contributed by atoms with Crippen molar-refractivity contribution < 1.29 is 19.1 Å². The number of carbonyl (C=O) groups is 1. The Morgan fingerprint density at radius 1 is 1.35 bits per heavy atom. The zero-order valence-electron chi connectivity index (χ0n) is 11.3. The third kappa shape index (κ3) is 3.22. The van der Waals surface area contributed by atoms with E-state index in [9.17, 15) is 4.79 Å². The van der Waals surface area contributed by atoms with Crippen molar-refractivity contribution in [2.75, 3.05) is 0 Å². The molecule has 0 atom stereocenters. The van der Waals surface area contributed by atoms with E-state index in [2.05, 4.69) is 22.9 Å². The van der Waals surface area contributed by atoms with Gasteiger partial charge in [-0.15, -0.1) is 0 Å². The fourth-order valence-corrected chi connectivity index (χ4v) is 2.30. The summed E-state index contributed by atoms with van der Waals surface area (Å²) in [5, 5.41) is 8.88. The molecular weight excluding hydrogens is 324 g/mol. The standard InChI is InChI=1S/C15H15BrO4/c1-3-10-6-12(16)4-5-13(10)19-8-11-7-14(15(17)18)20-9(11)2/h4-7H,3,8H2,1-2H3,(H,17,18). The van der Waals surface area contributed by atoms with Crippen LogP contribution in [0, 0.1) is 6.92 Å². The molecule has 2 rings (SSSR count). The van der Waals surface area contributed by atoms with Crippen LogP contribution in [0.2, 0.25) is 0 Å². The molecule has 0 unspecified atom stereocenters. The average Bonchev–Trinajstić information content (AvgIpc) is 2.79. The topological polar surface area (TPSA) is 59.7 Å². The maximum atomic E-state index is 10.8. The monoisotopic (exact) mass is 338 g/mol. The predicted octanol–water partition coefficient (Wildman–Crippen LogP) is 4.19. The molecule has 1 aromatic heterocycles.